The van der Waals surface area contributed by atoms with Crippen molar-refractivity contribution in [2.75, 3.05) is 52.4 Å². The zero-order valence-electron chi connectivity index (χ0n) is 14.1. The Balaban J connectivity index is 3.15. The maximum atomic E-state index is 3.40. The Bertz CT molecular complexity index is 225. The molecule has 0 fully saturated rings. The van der Waals surface area contributed by atoms with Gasteiger partial charge in [0.05, 0.1) is 0 Å². The topological polar surface area (TPSA) is 48.1 Å². The van der Waals surface area contributed by atoms with Crippen molar-refractivity contribution in [3.63, 3.8) is 0 Å². The number of hydrogen-bond acceptors (Lipinski definition) is 4. The molecule has 0 amide bonds. The zero-order valence-corrected chi connectivity index (χ0v) is 14.1. The van der Waals surface area contributed by atoms with Crippen molar-refractivity contribution in [3.05, 3.63) is 17.9 Å². The molecule has 4 heteroatoms. The molecule has 0 aliphatic carbocycles. The van der Waals surface area contributed by atoms with Gasteiger partial charge in [-0.05, 0) is 77.1 Å². The highest BCUT2D eigenvalue weighted by atomic mass is 14.9. The number of unbranched alkanes of at least 4 members (excludes halogenated alkanes) is 2. The second kappa shape index (κ2) is 19.4. The number of hydrogen-bond donors (Lipinski definition) is 4. The fourth-order valence-corrected chi connectivity index (χ4v) is 1.90. The highest BCUT2D eigenvalue weighted by Crippen LogP contribution is 1.84. The van der Waals surface area contributed by atoms with Gasteiger partial charge in [-0.3, -0.25) is 0 Å². The molecule has 4 nitrogen and oxygen atoms in total. The van der Waals surface area contributed by atoms with E-state index in [0.717, 1.165) is 52.4 Å². The van der Waals surface area contributed by atoms with E-state index >= 15 is 0 Å². The van der Waals surface area contributed by atoms with Gasteiger partial charge in [0.25, 0.3) is 0 Å². The highest BCUT2D eigenvalue weighted by Gasteiger charge is 1.87. The van der Waals surface area contributed by atoms with Crippen LogP contribution in [0.3, 0.4) is 0 Å². The van der Waals surface area contributed by atoms with Crippen LogP contribution in [0.4, 0.5) is 0 Å². The summed E-state index contributed by atoms with van der Waals surface area (Å²) in [5.41, 5.74) is 3.21. The predicted molar refractivity (Wildman–Crippen MR) is 93.9 cm³/mol. The lowest BCUT2D eigenvalue weighted by Gasteiger charge is -2.02. The van der Waals surface area contributed by atoms with Crippen LogP contribution < -0.4 is 21.3 Å². The number of rotatable bonds is 16. The van der Waals surface area contributed by atoms with Gasteiger partial charge in [0.1, 0.15) is 0 Å². The molecule has 0 spiro atoms. The van der Waals surface area contributed by atoms with Crippen LogP contribution in [0.5, 0.6) is 0 Å². The Morgan fingerprint density at radius 3 is 1.38 bits per heavy atom. The zero-order chi connectivity index (χ0) is 15.4. The van der Waals surface area contributed by atoms with Crippen molar-refractivity contribution in [2.45, 2.75) is 39.5 Å². The lowest BCUT2D eigenvalue weighted by molar-refractivity contribution is 0.608. The van der Waals surface area contributed by atoms with Crippen molar-refractivity contribution >= 4 is 0 Å². The molecular weight excluding hydrogens is 260 g/mol. The maximum Gasteiger partial charge on any atom is 0.0209 e. The van der Waals surface area contributed by atoms with Gasteiger partial charge < -0.3 is 21.3 Å². The summed E-state index contributed by atoms with van der Waals surface area (Å²) in [5, 5.41) is 13.5. The summed E-state index contributed by atoms with van der Waals surface area (Å²) in [4.78, 5) is 0. The Morgan fingerprint density at radius 1 is 0.619 bits per heavy atom. The van der Waals surface area contributed by atoms with Gasteiger partial charge in [-0.1, -0.05) is 13.8 Å². The van der Waals surface area contributed by atoms with Crippen LogP contribution in [0, 0.1) is 0 Å². The molecular formula is C17H36N4. The third-order valence-corrected chi connectivity index (χ3v) is 3.14. The van der Waals surface area contributed by atoms with Gasteiger partial charge in [-0.2, -0.15) is 0 Å². The van der Waals surface area contributed by atoms with E-state index in [9.17, 15) is 0 Å². The molecule has 0 rings (SSSR count). The van der Waals surface area contributed by atoms with Crippen molar-refractivity contribution in [2.24, 2.45) is 0 Å². The normalized spacial score (nSPS) is 10.4. The molecule has 124 valence electrons. The van der Waals surface area contributed by atoms with Gasteiger partial charge in [0.15, 0.2) is 0 Å². The van der Waals surface area contributed by atoms with Crippen LogP contribution in [0.25, 0.3) is 0 Å². The minimum atomic E-state index is 0.917. The Morgan fingerprint density at radius 2 is 1.00 bits per heavy atom. The highest BCUT2D eigenvalue weighted by molar-refractivity contribution is 4.87. The third-order valence-electron chi connectivity index (χ3n) is 3.14. The van der Waals surface area contributed by atoms with Crippen molar-refractivity contribution in [3.8, 4) is 0 Å². The van der Waals surface area contributed by atoms with E-state index in [1.807, 2.05) is 0 Å². The smallest absolute Gasteiger partial charge is 0.0209 e. The largest absolute Gasteiger partial charge is 0.317 e. The predicted octanol–water partition coefficient (Wildman–Crippen LogP) is 1.66. The van der Waals surface area contributed by atoms with Crippen LogP contribution >= 0.6 is 0 Å². The molecule has 21 heavy (non-hydrogen) atoms. The standard InChI is InChI=1S/C17H36N4/c1-3-18-12-8-10-16-20-14-6-5-7-15-21-17-11-9-13-19-4-2/h6-7,18-21H,3-4,8-17H2,1-2H3. The van der Waals surface area contributed by atoms with Crippen LogP contribution in [-0.4, -0.2) is 52.4 Å². The molecule has 0 radical (unpaired) electrons. The summed E-state index contributed by atoms with van der Waals surface area (Å²) >= 11 is 0. The number of nitrogens with one attached hydrogen (secondary N) is 4. The second-order valence-corrected chi connectivity index (χ2v) is 5.10. The van der Waals surface area contributed by atoms with Gasteiger partial charge in [-0.15, -0.1) is 5.73 Å². The molecule has 0 atom stereocenters. The molecule has 0 aromatic carbocycles. The van der Waals surface area contributed by atoms with Gasteiger partial charge in [0.2, 0.25) is 0 Å². The molecule has 0 aliphatic heterocycles. The fourth-order valence-electron chi connectivity index (χ4n) is 1.90. The minimum absolute atomic E-state index is 0.917. The van der Waals surface area contributed by atoms with Gasteiger partial charge >= 0.3 is 0 Å². The first kappa shape index (κ1) is 20.4. The van der Waals surface area contributed by atoms with E-state index in [2.05, 4.69) is 53.0 Å². The summed E-state index contributed by atoms with van der Waals surface area (Å²) in [7, 11) is 0. The molecule has 0 bridgehead atoms. The van der Waals surface area contributed by atoms with Crippen molar-refractivity contribution in [1.29, 1.82) is 0 Å². The van der Waals surface area contributed by atoms with E-state index in [1.165, 1.54) is 25.7 Å². The third kappa shape index (κ3) is 19.4. The first-order valence-corrected chi connectivity index (χ1v) is 8.64. The summed E-state index contributed by atoms with van der Waals surface area (Å²) in [6, 6.07) is 0. The SMILES string of the molecule is CCNCCCCNCC=C=CCNCCCCNCC. The van der Waals surface area contributed by atoms with E-state index in [1.54, 1.807) is 0 Å². The van der Waals surface area contributed by atoms with E-state index in [0.29, 0.717) is 0 Å². The van der Waals surface area contributed by atoms with Crippen molar-refractivity contribution in [1.82, 2.24) is 21.3 Å². The minimum Gasteiger partial charge on any atom is -0.317 e. The molecule has 0 heterocycles. The second-order valence-electron chi connectivity index (χ2n) is 5.10. The van der Waals surface area contributed by atoms with E-state index in [-0.39, 0.29) is 0 Å². The van der Waals surface area contributed by atoms with Crippen LogP contribution in [0.1, 0.15) is 39.5 Å². The Hall–Kier alpha value is -0.640. The summed E-state index contributed by atoms with van der Waals surface area (Å²) in [6.45, 7) is 12.7. The molecule has 0 saturated heterocycles. The van der Waals surface area contributed by atoms with Crippen LogP contribution in [-0.2, 0) is 0 Å². The van der Waals surface area contributed by atoms with Crippen LogP contribution in [0.15, 0.2) is 17.9 Å². The van der Waals surface area contributed by atoms with Gasteiger partial charge in [-0.25, -0.2) is 0 Å². The lowest BCUT2D eigenvalue weighted by atomic mass is 10.3. The fraction of sp³-hybridized carbons (Fsp3) is 0.824. The summed E-state index contributed by atoms with van der Waals surface area (Å²) in [5.74, 6) is 0. The molecule has 0 unspecified atom stereocenters. The first-order valence-electron chi connectivity index (χ1n) is 8.64. The van der Waals surface area contributed by atoms with E-state index < -0.39 is 0 Å². The van der Waals surface area contributed by atoms with Crippen molar-refractivity contribution < 1.29 is 0 Å². The monoisotopic (exact) mass is 296 g/mol. The quantitative estimate of drug-likeness (QED) is 0.258. The summed E-state index contributed by atoms with van der Waals surface area (Å²) in [6.07, 6.45) is 9.10. The molecule has 4 N–H and O–H groups in total. The molecule has 0 saturated carbocycles. The molecule has 0 aromatic heterocycles. The van der Waals surface area contributed by atoms with E-state index in [4.69, 9.17) is 0 Å². The van der Waals surface area contributed by atoms with Crippen LogP contribution in [0.2, 0.25) is 0 Å². The first-order chi connectivity index (χ1) is 10.4. The average molecular weight is 297 g/mol. The Labute approximate surface area is 131 Å². The molecule has 0 aliphatic rings. The Kier molecular flexibility index (Phi) is 18.8. The molecule has 0 aromatic rings. The lowest BCUT2D eigenvalue weighted by Crippen LogP contribution is -2.19. The summed E-state index contributed by atoms with van der Waals surface area (Å²) < 4.78 is 0. The average Bonchev–Trinajstić information content (AvgIpc) is 2.50. The maximum absolute atomic E-state index is 3.40. The van der Waals surface area contributed by atoms with Gasteiger partial charge in [0, 0.05) is 13.1 Å².